The van der Waals surface area contributed by atoms with Crippen LogP contribution in [0.2, 0.25) is 0 Å². The number of methoxy groups -OCH3 is 1. The van der Waals surface area contributed by atoms with Crippen LogP contribution < -0.4 is 0 Å². The average Bonchev–Trinajstić information content (AvgIpc) is 3.17. The Hall–Kier alpha value is -1.39. The Bertz CT molecular complexity index is 470. The first-order chi connectivity index (χ1) is 10.3. The van der Waals surface area contributed by atoms with Crippen molar-refractivity contribution in [1.82, 2.24) is 4.90 Å². The first kappa shape index (κ1) is 14.5. The maximum atomic E-state index is 12.7. The summed E-state index contributed by atoms with van der Waals surface area (Å²) in [6.45, 7) is 2.08. The molecule has 21 heavy (non-hydrogen) atoms. The van der Waals surface area contributed by atoms with Crippen LogP contribution in [0.4, 0.5) is 0 Å². The minimum atomic E-state index is 0.0406. The molecule has 1 unspecified atom stereocenters. The van der Waals surface area contributed by atoms with Crippen molar-refractivity contribution in [1.29, 1.82) is 0 Å². The van der Waals surface area contributed by atoms with Gasteiger partial charge in [-0.2, -0.15) is 0 Å². The predicted molar refractivity (Wildman–Crippen MR) is 80.0 cm³/mol. The minimum Gasteiger partial charge on any atom is -0.381 e. The molecule has 2 aliphatic heterocycles. The molecule has 2 aliphatic rings. The zero-order chi connectivity index (χ0) is 14.7. The van der Waals surface area contributed by atoms with Crippen molar-refractivity contribution in [3.63, 3.8) is 0 Å². The van der Waals surface area contributed by atoms with E-state index in [1.54, 1.807) is 7.11 Å². The van der Waals surface area contributed by atoms with Crippen molar-refractivity contribution in [3.8, 4) is 0 Å². The Labute approximate surface area is 126 Å². The summed E-state index contributed by atoms with van der Waals surface area (Å²) in [4.78, 5) is 14.7. The summed E-state index contributed by atoms with van der Waals surface area (Å²) in [5.74, 6) is 0.284. The fraction of sp³-hybridized carbons (Fsp3) is 0.588. The zero-order valence-corrected chi connectivity index (χ0v) is 12.5. The molecule has 0 N–H and O–H groups in total. The third kappa shape index (κ3) is 3.11. The number of amides is 1. The van der Waals surface area contributed by atoms with E-state index in [0.29, 0.717) is 13.2 Å². The third-order valence-corrected chi connectivity index (χ3v) is 4.64. The van der Waals surface area contributed by atoms with Crippen LogP contribution in [0, 0.1) is 5.92 Å². The number of ether oxygens (including phenoxy) is 2. The molecule has 2 heterocycles. The second-order valence-electron chi connectivity index (χ2n) is 5.91. The van der Waals surface area contributed by atoms with Gasteiger partial charge >= 0.3 is 0 Å². The number of hydrogen-bond acceptors (Lipinski definition) is 3. The maximum Gasteiger partial charge on any atom is 0.228 e. The van der Waals surface area contributed by atoms with E-state index in [-0.39, 0.29) is 24.0 Å². The summed E-state index contributed by atoms with van der Waals surface area (Å²) < 4.78 is 11.0. The number of rotatable bonds is 4. The summed E-state index contributed by atoms with van der Waals surface area (Å²) in [6, 6.07) is 10.5. The summed E-state index contributed by atoms with van der Waals surface area (Å²) in [6.07, 6.45) is 2.77. The second kappa shape index (κ2) is 6.58. The SMILES string of the molecule is CO[C@@H]1CCN(C(=O)C2CCOC2)[C@H]1Cc1ccccc1. The number of benzene rings is 1. The molecular weight excluding hydrogens is 266 g/mol. The number of nitrogens with zero attached hydrogens (tertiary/aromatic N) is 1. The number of likely N-dealkylation sites (tertiary alicyclic amines) is 1. The van der Waals surface area contributed by atoms with Gasteiger partial charge in [0, 0.05) is 20.3 Å². The third-order valence-electron chi connectivity index (χ3n) is 4.64. The number of hydrogen-bond donors (Lipinski definition) is 0. The van der Waals surface area contributed by atoms with Crippen LogP contribution in [0.3, 0.4) is 0 Å². The molecule has 2 fully saturated rings. The first-order valence-electron chi connectivity index (χ1n) is 7.74. The molecule has 114 valence electrons. The molecule has 1 aromatic carbocycles. The van der Waals surface area contributed by atoms with E-state index in [1.165, 1.54) is 5.56 Å². The Morgan fingerprint density at radius 1 is 1.33 bits per heavy atom. The topological polar surface area (TPSA) is 38.8 Å². The highest BCUT2D eigenvalue weighted by atomic mass is 16.5. The fourth-order valence-electron chi connectivity index (χ4n) is 3.43. The van der Waals surface area contributed by atoms with Gasteiger partial charge in [-0.15, -0.1) is 0 Å². The van der Waals surface area contributed by atoms with Gasteiger partial charge < -0.3 is 14.4 Å². The lowest BCUT2D eigenvalue weighted by Crippen LogP contribution is -2.44. The lowest BCUT2D eigenvalue weighted by Gasteiger charge is -2.29. The van der Waals surface area contributed by atoms with E-state index < -0.39 is 0 Å². The highest BCUT2D eigenvalue weighted by molar-refractivity contribution is 5.80. The van der Waals surface area contributed by atoms with E-state index in [4.69, 9.17) is 9.47 Å². The lowest BCUT2D eigenvalue weighted by atomic mass is 10.0. The molecule has 3 atom stereocenters. The van der Waals surface area contributed by atoms with E-state index in [0.717, 1.165) is 25.8 Å². The van der Waals surface area contributed by atoms with Crippen LogP contribution in [0.15, 0.2) is 30.3 Å². The summed E-state index contributed by atoms with van der Waals surface area (Å²) >= 11 is 0. The largest absolute Gasteiger partial charge is 0.381 e. The molecule has 3 rings (SSSR count). The molecule has 1 amide bonds. The van der Waals surface area contributed by atoms with Crippen molar-refractivity contribution >= 4 is 5.91 Å². The molecule has 0 aromatic heterocycles. The average molecular weight is 289 g/mol. The quantitative estimate of drug-likeness (QED) is 0.849. The molecule has 0 saturated carbocycles. The Morgan fingerprint density at radius 2 is 2.14 bits per heavy atom. The van der Waals surface area contributed by atoms with Crippen LogP contribution in [0.5, 0.6) is 0 Å². The van der Waals surface area contributed by atoms with Gasteiger partial charge in [-0.25, -0.2) is 0 Å². The zero-order valence-electron chi connectivity index (χ0n) is 12.5. The lowest BCUT2D eigenvalue weighted by molar-refractivity contribution is -0.137. The summed E-state index contributed by atoms with van der Waals surface area (Å²) in [5.41, 5.74) is 1.26. The number of carbonyl (C=O) groups excluding carboxylic acids is 1. The van der Waals surface area contributed by atoms with E-state index >= 15 is 0 Å². The normalized spacial score (nSPS) is 29.0. The maximum absolute atomic E-state index is 12.7. The van der Waals surface area contributed by atoms with Crippen molar-refractivity contribution in [2.24, 2.45) is 5.92 Å². The predicted octanol–water partition coefficient (Wildman–Crippen LogP) is 1.88. The molecular formula is C17H23NO3. The standard InChI is InChI=1S/C17H23NO3/c1-20-16-7-9-18(17(19)14-8-10-21-12-14)15(16)11-13-5-3-2-4-6-13/h2-6,14-16H,7-12H2,1H3/t14?,15-,16+/m0/s1. The molecule has 1 aromatic rings. The van der Waals surface area contributed by atoms with Crippen molar-refractivity contribution in [2.75, 3.05) is 26.9 Å². The van der Waals surface area contributed by atoms with Crippen LogP contribution in [-0.2, 0) is 20.7 Å². The minimum absolute atomic E-state index is 0.0406. The molecule has 0 radical (unpaired) electrons. The van der Waals surface area contributed by atoms with Crippen molar-refractivity contribution in [2.45, 2.75) is 31.4 Å². The molecule has 2 saturated heterocycles. The molecule has 4 nitrogen and oxygen atoms in total. The molecule has 4 heteroatoms. The monoisotopic (exact) mass is 289 g/mol. The van der Waals surface area contributed by atoms with Gasteiger partial charge in [-0.05, 0) is 24.8 Å². The second-order valence-corrected chi connectivity index (χ2v) is 5.91. The van der Waals surface area contributed by atoms with Gasteiger partial charge in [0.05, 0.1) is 24.7 Å². The van der Waals surface area contributed by atoms with Gasteiger partial charge in [0.1, 0.15) is 0 Å². The Kier molecular flexibility index (Phi) is 4.56. The fourth-order valence-corrected chi connectivity index (χ4v) is 3.43. The van der Waals surface area contributed by atoms with Crippen molar-refractivity contribution < 1.29 is 14.3 Å². The van der Waals surface area contributed by atoms with Crippen molar-refractivity contribution in [3.05, 3.63) is 35.9 Å². The highest BCUT2D eigenvalue weighted by Crippen LogP contribution is 2.27. The molecule has 0 bridgehead atoms. The highest BCUT2D eigenvalue weighted by Gasteiger charge is 2.40. The summed E-state index contributed by atoms with van der Waals surface area (Å²) in [5, 5.41) is 0. The molecule has 0 aliphatic carbocycles. The van der Waals surface area contributed by atoms with E-state index in [9.17, 15) is 4.79 Å². The van der Waals surface area contributed by atoms with Crippen LogP contribution >= 0.6 is 0 Å². The van der Waals surface area contributed by atoms with E-state index in [2.05, 4.69) is 12.1 Å². The van der Waals surface area contributed by atoms with Gasteiger partial charge in [-0.3, -0.25) is 4.79 Å². The van der Waals surface area contributed by atoms with Crippen LogP contribution in [0.25, 0.3) is 0 Å². The van der Waals surface area contributed by atoms with Gasteiger partial charge in [0.2, 0.25) is 5.91 Å². The van der Waals surface area contributed by atoms with E-state index in [1.807, 2.05) is 23.1 Å². The Balaban J connectivity index is 1.74. The number of carbonyl (C=O) groups is 1. The molecule has 0 spiro atoms. The Morgan fingerprint density at radius 3 is 2.81 bits per heavy atom. The van der Waals surface area contributed by atoms with Gasteiger partial charge in [0.15, 0.2) is 0 Å². The van der Waals surface area contributed by atoms with Gasteiger partial charge in [-0.1, -0.05) is 30.3 Å². The van der Waals surface area contributed by atoms with Crippen LogP contribution in [0.1, 0.15) is 18.4 Å². The summed E-state index contributed by atoms with van der Waals surface area (Å²) in [7, 11) is 1.75. The first-order valence-corrected chi connectivity index (χ1v) is 7.74. The smallest absolute Gasteiger partial charge is 0.228 e. The van der Waals surface area contributed by atoms with Gasteiger partial charge in [0.25, 0.3) is 0 Å². The van der Waals surface area contributed by atoms with Crippen LogP contribution in [-0.4, -0.2) is 49.8 Å².